The first-order chi connectivity index (χ1) is 8.20. The molecule has 1 aromatic rings. The molecule has 0 spiro atoms. The third kappa shape index (κ3) is 11.3. The lowest BCUT2D eigenvalue weighted by Crippen LogP contribution is -2.39. The summed E-state index contributed by atoms with van der Waals surface area (Å²) in [5, 5.41) is 6.44. The largest absolute Gasteiger partial charge is 0.314 e. The van der Waals surface area contributed by atoms with E-state index in [1.807, 2.05) is 6.92 Å². The maximum atomic E-state index is 12.1. The molecule has 1 saturated heterocycles. The van der Waals surface area contributed by atoms with Crippen molar-refractivity contribution in [1.82, 2.24) is 10.6 Å². The summed E-state index contributed by atoms with van der Waals surface area (Å²) in [6.45, 7) is 10.7. The quantitative estimate of drug-likeness (QED) is 0.728. The fraction of sp³-hybridized carbons (Fsp3) is 0.571. The Bertz CT molecular complexity index is 223. The Balaban J connectivity index is 0.000000252. The van der Waals surface area contributed by atoms with Crippen LogP contribution < -0.4 is 10.6 Å². The number of halogens is 1. The first kappa shape index (κ1) is 16.1. The van der Waals surface area contributed by atoms with E-state index in [0.717, 1.165) is 31.7 Å². The molecule has 17 heavy (non-hydrogen) atoms. The van der Waals surface area contributed by atoms with E-state index in [-0.39, 0.29) is 5.82 Å². The SMILES string of the molecule is C1CNCCN1.CCC.Cc1ccc(F)cc1. The van der Waals surface area contributed by atoms with E-state index >= 15 is 0 Å². The van der Waals surface area contributed by atoms with Gasteiger partial charge in [-0.2, -0.15) is 0 Å². The summed E-state index contributed by atoms with van der Waals surface area (Å²) in [7, 11) is 0. The van der Waals surface area contributed by atoms with Crippen molar-refractivity contribution in [3.8, 4) is 0 Å². The Kier molecular flexibility index (Phi) is 10.9. The number of hydrogen-bond acceptors (Lipinski definition) is 2. The Labute approximate surface area is 105 Å². The number of rotatable bonds is 0. The Morgan fingerprint density at radius 2 is 1.29 bits per heavy atom. The van der Waals surface area contributed by atoms with Gasteiger partial charge in [-0.1, -0.05) is 38.0 Å². The summed E-state index contributed by atoms with van der Waals surface area (Å²) in [6.07, 6.45) is 1.25. The highest BCUT2D eigenvalue weighted by atomic mass is 19.1. The number of piperazine rings is 1. The van der Waals surface area contributed by atoms with Crippen molar-refractivity contribution in [3.05, 3.63) is 35.6 Å². The first-order valence-corrected chi connectivity index (χ1v) is 6.34. The Hall–Kier alpha value is -0.930. The highest BCUT2D eigenvalue weighted by Gasteiger charge is 1.91. The molecule has 0 atom stereocenters. The Morgan fingerprint density at radius 1 is 0.941 bits per heavy atom. The number of aryl methyl sites for hydroxylation is 1. The molecule has 98 valence electrons. The monoisotopic (exact) mass is 240 g/mol. The fourth-order valence-corrected chi connectivity index (χ4v) is 1.14. The van der Waals surface area contributed by atoms with Crippen LogP contribution in [-0.4, -0.2) is 26.2 Å². The van der Waals surface area contributed by atoms with Gasteiger partial charge < -0.3 is 10.6 Å². The summed E-state index contributed by atoms with van der Waals surface area (Å²) >= 11 is 0. The molecular weight excluding hydrogens is 215 g/mol. The van der Waals surface area contributed by atoms with Gasteiger partial charge in [-0.05, 0) is 19.1 Å². The van der Waals surface area contributed by atoms with Crippen LogP contribution in [0.15, 0.2) is 24.3 Å². The van der Waals surface area contributed by atoms with Crippen molar-refractivity contribution in [1.29, 1.82) is 0 Å². The molecule has 1 aromatic carbocycles. The van der Waals surface area contributed by atoms with Crippen LogP contribution in [0, 0.1) is 12.7 Å². The molecule has 0 saturated carbocycles. The fourth-order valence-electron chi connectivity index (χ4n) is 1.14. The van der Waals surface area contributed by atoms with Crippen LogP contribution in [-0.2, 0) is 0 Å². The minimum absolute atomic E-state index is 0.171. The molecule has 1 aliphatic heterocycles. The molecular formula is C14H25FN2. The predicted octanol–water partition coefficient (Wildman–Crippen LogP) is 2.73. The zero-order chi connectivity index (χ0) is 12.9. The third-order valence-electron chi connectivity index (χ3n) is 1.97. The van der Waals surface area contributed by atoms with Crippen LogP contribution in [0.4, 0.5) is 4.39 Å². The molecule has 0 amide bonds. The van der Waals surface area contributed by atoms with E-state index in [1.165, 1.54) is 18.6 Å². The molecule has 0 radical (unpaired) electrons. The molecule has 3 heteroatoms. The molecule has 0 bridgehead atoms. The maximum Gasteiger partial charge on any atom is 0.123 e. The van der Waals surface area contributed by atoms with Crippen LogP contribution in [0.25, 0.3) is 0 Å². The predicted molar refractivity (Wildman–Crippen MR) is 72.8 cm³/mol. The average molecular weight is 240 g/mol. The van der Waals surface area contributed by atoms with Gasteiger partial charge in [-0.15, -0.1) is 0 Å². The van der Waals surface area contributed by atoms with Crippen molar-refractivity contribution < 1.29 is 4.39 Å². The normalized spacial score (nSPS) is 13.9. The molecule has 2 N–H and O–H groups in total. The standard InChI is InChI=1S/C7H7F.C4H10N2.C3H8/c1-6-2-4-7(8)5-3-6;1-2-6-4-3-5-1;1-3-2/h2-5H,1H3;5-6H,1-4H2;3H2,1-2H3. The highest BCUT2D eigenvalue weighted by Crippen LogP contribution is 1.98. The molecule has 1 aliphatic rings. The van der Waals surface area contributed by atoms with Gasteiger partial charge in [0, 0.05) is 26.2 Å². The second-order valence-corrected chi connectivity index (χ2v) is 4.00. The second-order valence-electron chi connectivity index (χ2n) is 4.00. The van der Waals surface area contributed by atoms with Gasteiger partial charge in [0.15, 0.2) is 0 Å². The van der Waals surface area contributed by atoms with Crippen LogP contribution in [0.3, 0.4) is 0 Å². The molecule has 0 unspecified atom stereocenters. The van der Waals surface area contributed by atoms with Crippen molar-refractivity contribution in [2.45, 2.75) is 27.2 Å². The lowest BCUT2D eigenvalue weighted by Gasteiger charge is -2.11. The van der Waals surface area contributed by atoms with E-state index < -0.39 is 0 Å². The van der Waals surface area contributed by atoms with Crippen LogP contribution in [0.5, 0.6) is 0 Å². The zero-order valence-corrected chi connectivity index (χ0v) is 11.2. The number of nitrogens with one attached hydrogen (secondary N) is 2. The van der Waals surface area contributed by atoms with Gasteiger partial charge in [-0.3, -0.25) is 0 Å². The summed E-state index contributed by atoms with van der Waals surface area (Å²) in [5.74, 6) is -0.171. The molecule has 1 heterocycles. The van der Waals surface area contributed by atoms with E-state index in [0.29, 0.717) is 0 Å². The van der Waals surface area contributed by atoms with Crippen molar-refractivity contribution in [2.75, 3.05) is 26.2 Å². The van der Waals surface area contributed by atoms with Gasteiger partial charge in [0.1, 0.15) is 5.82 Å². The van der Waals surface area contributed by atoms with Gasteiger partial charge in [0.25, 0.3) is 0 Å². The minimum Gasteiger partial charge on any atom is -0.314 e. The minimum atomic E-state index is -0.171. The molecule has 2 nitrogen and oxygen atoms in total. The van der Waals surface area contributed by atoms with Crippen molar-refractivity contribution >= 4 is 0 Å². The Morgan fingerprint density at radius 3 is 1.53 bits per heavy atom. The number of hydrogen-bond donors (Lipinski definition) is 2. The third-order valence-corrected chi connectivity index (χ3v) is 1.97. The molecule has 0 aromatic heterocycles. The van der Waals surface area contributed by atoms with E-state index in [9.17, 15) is 4.39 Å². The average Bonchev–Trinajstić information content (AvgIpc) is 2.37. The lowest BCUT2D eigenvalue weighted by atomic mass is 10.2. The van der Waals surface area contributed by atoms with Crippen LogP contribution in [0.2, 0.25) is 0 Å². The highest BCUT2D eigenvalue weighted by molar-refractivity contribution is 5.13. The maximum absolute atomic E-state index is 12.1. The molecule has 0 aliphatic carbocycles. The van der Waals surface area contributed by atoms with Crippen molar-refractivity contribution in [3.63, 3.8) is 0 Å². The summed E-state index contributed by atoms with van der Waals surface area (Å²) in [5.41, 5.74) is 1.09. The van der Waals surface area contributed by atoms with Gasteiger partial charge in [-0.25, -0.2) is 4.39 Å². The number of benzene rings is 1. The summed E-state index contributed by atoms with van der Waals surface area (Å²) in [4.78, 5) is 0. The first-order valence-electron chi connectivity index (χ1n) is 6.34. The second kappa shape index (κ2) is 11.6. The van der Waals surface area contributed by atoms with Gasteiger partial charge in [0.2, 0.25) is 0 Å². The van der Waals surface area contributed by atoms with Crippen LogP contribution in [0.1, 0.15) is 25.8 Å². The smallest absolute Gasteiger partial charge is 0.123 e. The zero-order valence-electron chi connectivity index (χ0n) is 11.2. The van der Waals surface area contributed by atoms with E-state index in [4.69, 9.17) is 0 Å². The summed E-state index contributed by atoms with van der Waals surface area (Å²) in [6, 6.07) is 6.40. The van der Waals surface area contributed by atoms with Crippen molar-refractivity contribution in [2.24, 2.45) is 0 Å². The molecule has 1 fully saturated rings. The van der Waals surface area contributed by atoms with Gasteiger partial charge >= 0.3 is 0 Å². The van der Waals surface area contributed by atoms with E-state index in [2.05, 4.69) is 24.5 Å². The lowest BCUT2D eigenvalue weighted by molar-refractivity contribution is 0.534. The topological polar surface area (TPSA) is 24.1 Å². The van der Waals surface area contributed by atoms with Crippen LogP contribution >= 0.6 is 0 Å². The molecule has 2 rings (SSSR count). The van der Waals surface area contributed by atoms with E-state index in [1.54, 1.807) is 12.1 Å². The summed E-state index contributed by atoms with van der Waals surface area (Å²) < 4.78 is 12.1. The van der Waals surface area contributed by atoms with Gasteiger partial charge in [0.05, 0.1) is 0 Å².